The van der Waals surface area contributed by atoms with Crippen molar-refractivity contribution in [2.75, 3.05) is 18.6 Å². The molecule has 7 nitrogen and oxygen atoms in total. The fourth-order valence-corrected chi connectivity index (χ4v) is 2.52. The van der Waals surface area contributed by atoms with E-state index in [1.165, 1.54) is 9.58 Å². The van der Waals surface area contributed by atoms with Crippen LogP contribution in [0.15, 0.2) is 18.2 Å². The monoisotopic (exact) mass is 320 g/mol. The number of carbonyl (C=O) groups excluding carboxylic acids is 2. The number of anilines is 1. The zero-order chi connectivity index (χ0) is 15.9. The van der Waals surface area contributed by atoms with Gasteiger partial charge in [-0.05, 0) is 25.1 Å². The first kappa shape index (κ1) is 14.5. The quantitative estimate of drug-likeness (QED) is 0.786. The van der Waals surface area contributed by atoms with Crippen molar-refractivity contribution in [1.29, 1.82) is 0 Å². The molecule has 22 heavy (non-hydrogen) atoms. The number of carbonyl (C=O) groups is 2. The summed E-state index contributed by atoms with van der Waals surface area (Å²) in [6, 6.07) is 5.11. The molecular formula is C14H13ClN4O3. The predicted octanol–water partition coefficient (Wildman–Crippen LogP) is 1.62. The van der Waals surface area contributed by atoms with Gasteiger partial charge in [-0.1, -0.05) is 16.8 Å². The number of nitrogens with zero attached hydrogens (tertiary/aromatic N) is 4. The fraction of sp³-hybridized carbons (Fsp3) is 0.286. The minimum atomic E-state index is -0.586. The first-order valence-corrected chi connectivity index (χ1v) is 7.09. The van der Waals surface area contributed by atoms with Crippen molar-refractivity contribution in [3.8, 4) is 5.69 Å². The Labute approximate surface area is 131 Å². The van der Waals surface area contributed by atoms with Gasteiger partial charge in [0.25, 0.3) is 0 Å². The maximum absolute atomic E-state index is 12.3. The molecule has 1 amide bonds. The number of hydrogen-bond donors (Lipinski definition) is 0. The van der Waals surface area contributed by atoms with E-state index in [1.54, 1.807) is 32.2 Å². The highest BCUT2D eigenvalue weighted by molar-refractivity contribution is 6.31. The summed E-state index contributed by atoms with van der Waals surface area (Å²) >= 11 is 6.01. The summed E-state index contributed by atoms with van der Waals surface area (Å²) in [5.41, 5.74) is 1.72. The molecule has 114 valence electrons. The largest absolute Gasteiger partial charge is 0.461 e. The van der Waals surface area contributed by atoms with E-state index in [0.717, 1.165) is 0 Å². The maximum Gasteiger partial charge on any atom is 0.360 e. The van der Waals surface area contributed by atoms with E-state index in [1.807, 2.05) is 0 Å². The molecule has 1 aliphatic heterocycles. The lowest BCUT2D eigenvalue weighted by molar-refractivity contribution is -0.117. The number of hydrogen-bond acceptors (Lipinski definition) is 5. The summed E-state index contributed by atoms with van der Waals surface area (Å²) in [6.45, 7) is 1.93. The Morgan fingerprint density at radius 1 is 1.41 bits per heavy atom. The number of halogens is 1. The SMILES string of the molecule is CCOC(=O)c1nnn2c1CC(=O)N(C)c1cc(Cl)ccc1-2. The zero-order valence-electron chi connectivity index (χ0n) is 12.0. The van der Waals surface area contributed by atoms with Crippen LogP contribution >= 0.6 is 11.6 Å². The summed E-state index contributed by atoms with van der Waals surface area (Å²) < 4.78 is 6.45. The summed E-state index contributed by atoms with van der Waals surface area (Å²) in [5.74, 6) is -0.772. The number of rotatable bonds is 2. The summed E-state index contributed by atoms with van der Waals surface area (Å²) in [4.78, 5) is 25.8. The molecule has 1 aliphatic rings. The number of fused-ring (bicyclic) bond motifs is 3. The minimum absolute atomic E-state index is 0.00392. The van der Waals surface area contributed by atoms with Crippen LogP contribution < -0.4 is 4.90 Å². The number of ether oxygens (including phenoxy) is 1. The summed E-state index contributed by atoms with van der Waals surface area (Å²) in [6.07, 6.45) is 0.00392. The van der Waals surface area contributed by atoms with Gasteiger partial charge >= 0.3 is 5.97 Å². The third-order valence-electron chi connectivity index (χ3n) is 3.45. The number of likely N-dealkylation sites (N-methyl/N-ethyl adjacent to an activating group) is 1. The van der Waals surface area contributed by atoms with Gasteiger partial charge in [0.1, 0.15) is 0 Å². The van der Waals surface area contributed by atoms with Crippen molar-refractivity contribution in [2.45, 2.75) is 13.3 Å². The van der Waals surface area contributed by atoms with E-state index in [0.29, 0.717) is 22.1 Å². The summed E-state index contributed by atoms with van der Waals surface area (Å²) in [5, 5.41) is 8.38. The van der Waals surface area contributed by atoms with E-state index in [2.05, 4.69) is 10.3 Å². The van der Waals surface area contributed by atoms with E-state index in [4.69, 9.17) is 16.3 Å². The van der Waals surface area contributed by atoms with Crippen LogP contribution in [0.3, 0.4) is 0 Å². The van der Waals surface area contributed by atoms with Gasteiger partial charge in [0, 0.05) is 12.1 Å². The van der Waals surface area contributed by atoms with Crippen molar-refractivity contribution in [3.63, 3.8) is 0 Å². The van der Waals surface area contributed by atoms with Crippen LogP contribution in [0.5, 0.6) is 0 Å². The van der Waals surface area contributed by atoms with Crippen LogP contribution in [-0.2, 0) is 16.0 Å². The normalized spacial score (nSPS) is 13.4. The predicted molar refractivity (Wildman–Crippen MR) is 79.4 cm³/mol. The lowest BCUT2D eigenvalue weighted by Crippen LogP contribution is -2.27. The van der Waals surface area contributed by atoms with Crippen LogP contribution in [0.4, 0.5) is 5.69 Å². The molecule has 0 N–H and O–H groups in total. The second kappa shape index (κ2) is 5.42. The van der Waals surface area contributed by atoms with E-state index in [9.17, 15) is 9.59 Å². The van der Waals surface area contributed by atoms with Gasteiger partial charge in [-0.25, -0.2) is 9.48 Å². The van der Waals surface area contributed by atoms with Crippen molar-refractivity contribution in [2.24, 2.45) is 0 Å². The molecule has 0 aliphatic carbocycles. The minimum Gasteiger partial charge on any atom is -0.461 e. The molecule has 1 aromatic heterocycles. The Kier molecular flexibility index (Phi) is 3.58. The first-order chi connectivity index (χ1) is 10.5. The molecule has 8 heteroatoms. The highest BCUT2D eigenvalue weighted by atomic mass is 35.5. The van der Waals surface area contributed by atoms with Crippen LogP contribution in [0, 0.1) is 0 Å². The smallest absolute Gasteiger partial charge is 0.360 e. The molecular weight excluding hydrogens is 308 g/mol. The molecule has 0 saturated heterocycles. The molecule has 0 fully saturated rings. The lowest BCUT2D eigenvalue weighted by Gasteiger charge is -2.17. The van der Waals surface area contributed by atoms with Gasteiger partial charge < -0.3 is 9.64 Å². The van der Waals surface area contributed by atoms with Gasteiger partial charge in [-0.15, -0.1) is 5.10 Å². The summed E-state index contributed by atoms with van der Waals surface area (Å²) in [7, 11) is 1.65. The highest BCUT2D eigenvalue weighted by Gasteiger charge is 2.30. The standard InChI is InChI=1S/C14H13ClN4O3/c1-3-22-14(21)13-11-7-12(20)18(2)10-6-8(15)4-5-9(10)19(11)17-16-13/h4-6H,3,7H2,1-2H3. The molecule has 2 aromatic rings. The third kappa shape index (κ3) is 2.23. The Balaban J connectivity index is 2.20. The molecule has 0 spiro atoms. The van der Waals surface area contributed by atoms with Crippen molar-refractivity contribution >= 4 is 29.2 Å². The zero-order valence-corrected chi connectivity index (χ0v) is 12.8. The first-order valence-electron chi connectivity index (χ1n) is 6.71. The highest BCUT2D eigenvalue weighted by Crippen LogP contribution is 2.31. The Bertz CT molecular complexity index is 771. The number of benzene rings is 1. The average Bonchev–Trinajstić information content (AvgIpc) is 2.86. The molecule has 0 unspecified atom stereocenters. The van der Waals surface area contributed by atoms with Gasteiger partial charge in [-0.2, -0.15) is 0 Å². The molecule has 0 radical (unpaired) electrons. The van der Waals surface area contributed by atoms with Crippen molar-refractivity contribution in [1.82, 2.24) is 15.0 Å². The van der Waals surface area contributed by atoms with Crippen LogP contribution in [0.1, 0.15) is 23.1 Å². The van der Waals surface area contributed by atoms with Gasteiger partial charge in [-0.3, -0.25) is 4.79 Å². The molecule has 0 saturated carbocycles. The van der Waals surface area contributed by atoms with Crippen LogP contribution in [-0.4, -0.2) is 40.5 Å². The van der Waals surface area contributed by atoms with Gasteiger partial charge in [0.15, 0.2) is 5.69 Å². The Hall–Kier alpha value is -2.41. The maximum atomic E-state index is 12.3. The molecule has 2 heterocycles. The topological polar surface area (TPSA) is 77.3 Å². The van der Waals surface area contributed by atoms with E-state index in [-0.39, 0.29) is 24.6 Å². The van der Waals surface area contributed by atoms with E-state index >= 15 is 0 Å². The van der Waals surface area contributed by atoms with Crippen LogP contribution in [0.25, 0.3) is 5.69 Å². The number of esters is 1. The average molecular weight is 321 g/mol. The van der Waals surface area contributed by atoms with Gasteiger partial charge in [0.05, 0.1) is 30.1 Å². The third-order valence-corrected chi connectivity index (χ3v) is 3.69. The molecule has 3 rings (SSSR count). The van der Waals surface area contributed by atoms with E-state index < -0.39 is 5.97 Å². The lowest BCUT2D eigenvalue weighted by atomic mass is 10.2. The number of amides is 1. The van der Waals surface area contributed by atoms with Crippen molar-refractivity contribution in [3.05, 3.63) is 34.6 Å². The van der Waals surface area contributed by atoms with Gasteiger partial charge in [0.2, 0.25) is 5.91 Å². The second-order valence-electron chi connectivity index (χ2n) is 4.78. The second-order valence-corrected chi connectivity index (χ2v) is 5.22. The van der Waals surface area contributed by atoms with Crippen molar-refractivity contribution < 1.29 is 14.3 Å². The fourth-order valence-electron chi connectivity index (χ4n) is 2.35. The molecule has 0 atom stereocenters. The Morgan fingerprint density at radius 2 is 2.18 bits per heavy atom. The Morgan fingerprint density at radius 3 is 2.91 bits per heavy atom. The molecule has 1 aromatic carbocycles. The number of aromatic nitrogens is 3. The van der Waals surface area contributed by atoms with Crippen LogP contribution in [0.2, 0.25) is 5.02 Å². The molecule has 0 bridgehead atoms.